The molecular formula is C26H36N6O3. The molecule has 1 atom stereocenters. The average molecular weight is 481 g/mol. The summed E-state index contributed by atoms with van der Waals surface area (Å²) >= 11 is 0. The molecule has 0 aromatic carbocycles. The van der Waals surface area contributed by atoms with E-state index in [0.29, 0.717) is 12.5 Å². The topological polar surface area (TPSA) is 93.9 Å². The quantitative estimate of drug-likeness (QED) is 0.482. The highest BCUT2D eigenvalue weighted by Crippen LogP contribution is 2.43. The number of imidazole rings is 1. The van der Waals surface area contributed by atoms with Crippen molar-refractivity contribution in [2.45, 2.75) is 71.4 Å². The van der Waals surface area contributed by atoms with Gasteiger partial charge in [0, 0.05) is 31.6 Å². The summed E-state index contributed by atoms with van der Waals surface area (Å²) in [5, 5.41) is 8.38. The lowest BCUT2D eigenvalue weighted by atomic mass is 10.2. The Bertz CT molecular complexity index is 1210. The number of carbonyl (C=O) groups excluding carboxylic acids is 1. The van der Waals surface area contributed by atoms with Gasteiger partial charge >= 0.3 is 6.09 Å². The van der Waals surface area contributed by atoms with Crippen LogP contribution in [0.1, 0.15) is 64.1 Å². The van der Waals surface area contributed by atoms with Crippen LogP contribution in [0.15, 0.2) is 24.4 Å². The van der Waals surface area contributed by atoms with Crippen molar-refractivity contribution in [1.29, 1.82) is 0 Å². The monoisotopic (exact) mass is 480 g/mol. The summed E-state index contributed by atoms with van der Waals surface area (Å²) < 4.78 is 12.9. The van der Waals surface area contributed by atoms with Crippen LogP contribution >= 0.6 is 0 Å². The van der Waals surface area contributed by atoms with E-state index in [9.17, 15) is 4.79 Å². The molecule has 1 saturated carbocycles. The Morgan fingerprint density at radius 1 is 1.29 bits per heavy atom. The minimum Gasteiger partial charge on any atom is -0.495 e. The Labute approximate surface area is 206 Å². The summed E-state index contributed by atoms with van der Waals surface area (Å²) in [6, 6.07) is 6.00. The highest BCUT2D eigenvalue weighted by Gasteiger charge is 2.30. The molecule has 1 unspecified atom stereocenters. The molecule has 188 valence electrons. The van der Waals surface area contributed by atoms with Gasteiger partial charge in [-0.25, -0.2) is 19.3 Å². The molecule has 1 N–H and O–H groups in total. The molecule has 3 aromatic rings. The van der Waals surface area contributed by atoms with E-state index >= 15 is 0 Å². The predicted octanol–water partition coefficient (Wildman–Crippen LogP) is 5.04. The van der Waals surface area contributed by atoms with Gasteiger partial charge in [-0.05, 0) is 64.7 Å². The second-order valence-electron chi connectivity index (χ2n) is 10.3. The van der Waals surface area contributed by atoms with E-state index in [2.05, 4.69) is 17.2 Å². The van der Waals surface area contributed by atoms with Crippen LogP contribution in [0.2, 0.25) is 0 Å². The van der Waals surface area contributed by atoms with Crippen molar-refractivity contribution in [3.63, 3.8) is 0 Å². The first-order valence-corrected chi connectivity index (χ1v) is 12.2. The molecule has 35 heavy (non-hydrogen) atoms. The van der Waals surface area contributed by atoms with Gasteiger partial charge < -0.3 is 19.7 Å². The van der Waals surface area contributed by atoms with Crippen molar-refractivity contribution in [2.75, 3.05) is 26.0 Å². The maximum Gasteiger partial charge on any atom is 0.410 e. The number of fused-ring (bicyclic) bond motifs is 1. The Balaban J connectivity index is 1.58. The number of carbonyl (C=O) groups is 1. The van der Waals surface area contributed by atoms with Crippen molar-refractivity contribution in [3.8, 4) is 17.1 Å². The van der Waals surface area contributed by atoms with Gasteiger partial charge in [0.15, 0.2) is 5.65 Å². The molecule has 4 rings (SSSR count). The molecule has 0 bridgehead atoms. The zero-order chi connectivity index (χ0) is 25.3. The van der Waals surface area contributed by atoms with Crippen LogP contribution in [0, 0.1) is 6.92 Å². The standard InChI is InChI=1S/C26H36N6O3/c1-8-18(15-31(6)25(33)35-26(3,4)5)28-22-12-16(2)11-19(29-22)20-14-27-23-13-21(34-7)24(17-9-10-17)30-32(20)23/h11-14,17-18H,8-10,15H2,1-7H3,(H,28,29). The predicted molar refractivity (Wildman–Crippen MR) is 136 cm³/mol. The number of anilines is 1. The molecule has 9 nitrogen and oxygen atoms in total. The van der Waals surface area contributed by atoms with Gasteiger partial charge in [-0.2, -0.15) is 5.10 Å². The van der Waals surface area contributed by atoms with Gasteiger partial charge in [0.25, 0.3) is 0 Å². The van der Waals surface area contributed by atoms with E-state index in [4.69, 9.17) is 19.6 Å². The van der Waals surface area contributed by atoms with Gasteiger partial charge in [-0.15, -0.1) is 0 Å². The van der Waals surface area contributed by atoms with E-state index in [1.54, 1.807) is 25.3 Å². The number of hydrogen-bond acceptors (Lipinski definition) is 7. The second-order valence-corrected chi connectivity index (χ2v) is 10.3. The number of rotatable bonds is 8. The van der Waals surface area contributed by atoms with Crippen molar-refractivity contribution in [1.82, 2.24) is 24.5 Å². The first-order chi connectivity index (χ1) is 16.6. The Morgan fingerprint density at radius 3 is 2.66 bits per heavy atom. The van der Waals surface area contributed by atoms with Gasteiger partial charge in [0.05, 0.1) is 19.0 Å². The Hall–Kier alpha value is -3.36. The zero-order valence-electron chi connectivity index (χ0n) is 21.8. The molecule has 3 aromatic heterocycles. The van der Waals surface area contributed by atoms with Crippen molar-refractivity contribution in [2.24, 2.45) is 0 Å². The maximum atomic E-state index is 12.4. The largest absolute Gasteiger partial charge is 0.495 e. The molecule has 1 aliphatic carbocycles. The highest BCUT2D eigenvalue weighted by molar-refractivity contribution is 5.68. The van der Waals surface area contributed by atoms with E-state index in [1.165, 1.54) is 0 Å². The first-order valence-electron chi connectivity index (χ1n) is 12.2. The molecule has 0 saturated heterocycles. The molecule has 3 heterocycles. The van der Waals surface area contributed by atoms with Crippen LogP contribution < -0.4 is 10.1 Å². The zero-order valence-corrected chi connectivity index (χ0v) is 21.8. The number of likely N-dealkylation sites (N-methyl/N-ethyl adjacent to an activating group) is 1. The summed E-state index contributed by atoms with van der Waals surface area (Å²) in [7, 11) is 3.43. The fraction of sp³-hybridized carbons (Fsp3) is 0.538. The number of nitrogens with one attached hydrogen (secondary N) is 1. The van der Waals surface area contributed by atoms with Crippen LogP contribution in [0.5, 0.6) is 5.75 Å². The SMILES string of the molecule is CCC(CN(C)C(=O)OC(C)(C)C)Nc1cc(C)cc(-c2cnc3cc(OC)c(C4CC4)nn23)n1. The van der Waals surface area contributed by atoms with Crippen LogP contribution in [-0.4, -0.2) is 62.9 Å². The summed E-state index contributed by atoms with van der Waals surface area (Å²) in [5.41, 5.74) is 3.86. The molecule has 1 amide bonds. The smallest absolute Gasteiger partial charge is 0.410 e. The Kier molecular flexibility index (Phi) is 6.87. The molecule has 0 spiro atoms. The van der Waals surface area contributed by atoms with Crippen molar-refractivity contribution >= 4 is 17.6 Å². The molecule has 0 aliphatic heterocycles. The highest BCUT2D eigenvalue weighted by atomic mass is 16.6. The average Bonchev–Trinajstić information content (AvgIpc) is 3.55. The number of ether oxygens (including phenoxy) is 2. The summed E-state index contributed by atoms with van der Waals surface area (Å²) in [6.07, 6.45) is 4.55. The van der Waals surface area contributed by atoms with E-state index < -0.39 is 5.60 Å². The molecule has 0 radical (unpaired) electrons. The number of aromatic nitrogens is 4. The van der Waals surface area contributed by atoms with Crippen LogP contribution in [-0.2, 0) is 4.74 Å². The number of methoxy groups -OCH3 is 1. The minimum absolute atomic E-state index is 0.0145. The lowest BCUT2D eigenvalue weighted by Crippen LogP contribution is -2.40. The summed E-state index contributed by atoms with van der Waals surface area (Å²) in [4.78, 5) is 23.4. The van der Waals surface area contributed by atoms with Crippen LogP contribution in [0.4, 0.5) is 10.6 Å². The van der Waals surface area contributed by atoms with Gasteiger partial charge in [0.1, 0.15) is 28.6 Å². The van der Waals surface area contributed by atoms with Crippen molar-refractivity contribution < 1.29 is 14.3 Å². The van der Waals surface area contributed by atoms with Gasteiger partial charge in [-0.3, -0.25) is 0 Å². The lowest BCUT2D eigenvalue weighted by molar-refractivity contribution is 0.0292. The second kappa shape index (κ2) is 9.71. The maximum absolute atomic E-state index is 12.4. The molecular weight excluding hydrogens is 444 g/mol. The number of hydrogen-bond donors (Lipinski definition) is 1. The fourth-order valence-corrected chi connectivity index (χ4v) is 3.99. The van der Waals surface area contributed by atoms with Gasteiger partial charge in [0.2, 0.25) is 0 Å². The third-order valence-corrected chi connectivity index (χ3v) is 5.94. The fourth-order valence-electron chi connectivity index (χ4n) is 3.99. The third kappa shape index (κ3) is 5.83. The number of pyridine rings is 1. The van der Waals surface area contributed by atoms with Crippen LogP contribution in [0.25, 0.3) is 17.0 Å². The number of amides is 1. The lowest BCUT2D eigenvalue weighted by Gasteiger charge is -2.28. The van der Waals surface area contributed by atoms with E-state index in [-0.39, 0.29) is 12.1 Å². The molecule has 1 aliphatic rings. The van der Waals surface area contributed by atoms with Crippen LogP contribution in [0.3, 0.4) is 0 Å². The van der Waals surface area contributed by atoms with Gasteiger partial charge in [-0.1, -0.05) is 6.92 Å². The minimum atomic E-state index is -0.529. The number of aryl methyl sites for hydroxylation is 1. The normalized spacial score (nSPS) is 14.6. The molecule has 9 heteroatoms. The first kappa shape index (κ1) is 24.8. The van der Waals surface area contributed by atoms with E-state index in [0.717, 1.165) is 59.1 Å². The van der Waals surface area contributed by atoms with Crippen molar-refractivity contribution in [3.05, 3.63) is 35.7 Å². The molecule has 1 fully saturated rings. The third-order valence-electron chi connectivity index (χ3n) is 5.94. The van der Waals surface area contributed by atoms with E-state index in [1.807, 2.05) is 50.4 Å². The summed E-state index contributed by atoms with van der Waals surface area (Å²) in [5.74, 6) is 1.98. The number of nitrogens with zero attached hydrogens (tertiary/aromatic N) is 5. The summed E-state index contributed by atoms with van der Waals surface area (Å²) in [6.45, 7) is 10.2. The Morgan fingerprint density at radius 2 is 2.03 bits per heavy atom.